The van der Waals surface area contributed by atoms with E-state index in [4.69, 9.17) is 0 Å². The van der Waals surface area contributed by atoms with Crippen molar-refractivity contribution in [1.29, 1.82) is 0 Å². The zero-order chi connectivity index (χ0) is 11.5. The van der Waals surface area contributed by atoms with E-state index in [1.807, 2.05) is 6.20 Å². The second-order valence-corrected chi connectivity index (χ2v) is 4.83. The average Bonchev–Trinajstić information content (AvgIpc) is 2.67. The summed E-state index contributed by atoms with van der Waals surface area (Å²) in [5.41, 5.74) is 1.27. The first-order chi connectivity index (χ1) is 8.43. The van der Waals surface area contributed by atoms with Gasteiger partial charge in [0.2, 0.25) is 0 Å². The predicted octanol–water partition coefficient (Wildman–Crippen LogP) is 3.09. The van der Waals surface area contributed by atoms with E-state index < -0.39 is 0 Å². The number of pyridine rings is 1. The smallest absolute Gasteiger partial charge is 0.0441 e. The third-order valence-electron chi connectivity index (χ3n) is 3.65. The molecule has 1 unspecified atom stereocenters. The molecule has 3 rings (SSSR count). The van der Waals surface area contributed by atoms with Crippen LogP contribution in [-0.2, 0) is 0 Å². The molecule has 1 aliphatic heterocycles. The number of rotatable bonds is 1. The van der Waals surface area contributed by atoms with Gasteiger partial charge in [-0.3, -0.25) is 4.98 Å². The molecule has 17 heavy (non-hydrogen) atoms. The second kappa shape index (κ2) is 4.84. The van der Waals surface area contributed by atoms with E-state index in [1.165, 1.54) is 35.7 Å². The Labute approximate surface area is 102 Å². The second-order valence-electron chi connectivity index (χ2n) is 4.83. The molecule has 1 saturated heterocycles. The van der Waals surface area contributed by atoms with Crippen molar-refractivity contribution in [2.45, 2.75) is 25.2 Å². The van der Waals surface area contributed by atoms with Gasteiger partial charge in [-0.05, 0) is 43.8 Å². The Kier molecular flexibility index (Phi) is 3.06. The summed E-state index contributed by atoms with van der Waals surface area (Å²) in [6, 6.07) is 10.7. The lowest BCUT2D eigenvalue weighted by molar-refractivity contribution is 0.594. The van der Waals surface area contributed by atoms with E-state index >= 15 is 0 Å². The molecule has 2 heterocycles. The summed E-state index contributed by atoms with van der Waals surface area (Å²) in [7, 11) is 0. The highest BCUT2D eigenvalue weighted by molar-refractivity contribution is 5.81. The Balaban J connectivity index is 1.93. The Morgan fingerprint density at radius 3 is 2.88 bits per heavy atom. The zero-order valence-electron chi connectivity index (χ0n) is 10.0. The fourth-order valence-electron chi connectivity index (χ4n) is 2.64. The molecule has 0 spiro atoms. The monoisotopic (exact) mass is 226 g/mol. The van der Waals surface area contributed by atoms with Crippen molar-refractivity contribution in [3.63, 3.8) is 0 Å². The first-order valence-corrected chi connectivity index (χ1v) is 6.49. The number of aromatic nitrogens is 1. The van der Waals surface area contributed by atoms with Crippen molar-refractivity contribution in [3.8, 4) is 0 Å². The van der Waals surface area contributed by atoms with Gasteiger partial charge in [-0.2, -0.15) is 0 Å². The number of nitrogens with one attached hydrogen (secondary N) is 1. The third kappa shape index (κ3) is 2.32. The zero-order valence-corrected chi connectivity index (χ0v) is 10.0. The van der Waals surface area contributed by atoms with Gasteiger partial charge in [0, 0.05) is 23.2 Å². The van der Waals surface area contributed by atoms with Gasteiger partial charge in [-0.1, -0.05) is 24.3 Å². The molecule has 1 aliphatic rings. The van der Waals surface area contributed by atoms with Crippen LogP contribution in [0.3, 0.4) is 0 Å². The fourth-order valence-corrected chi connectivity index (χ4v) is 2.64. The Bertz CT molecular complexity index is 499. The van der Waals surface area contributed by atoms with Gasteiger partial charge in [0.1, 0.15) is 0 Å². The van der Waals surface area contributed by atoms with Crippen molar-refractivity contribution in [2.75, 3.05) is 13.1 Å². The number of hydrogen-bond acceptors (Lipinski definition) is 2. The molecule has 0 saturated carbocycles. The summed E-state index contributed by atoms with van der Waals surface area (Å²) < 4.78 is 0. The van der Waals surface area contributed by atoms with E-state index in [9.17, 15) is 0 Å². The molecule has 1 fully saturated rings. The maximum Gasteiger partial charge on any atom is 0.0441 e. The van der Waals surface area contributed by atoms with E-state index in [0.717, 1.165) is 13.1 Å². The van der Waals surface area contributed by atoms with Gasteiger partial charge in [0.15, 0.2) is 0 Å². The van der Waals surface area contributed by atoms with Crippen LogP contribution in [0.25, 0.3) is 10.8 Å². The Morgan fingerprint density at radius 1 is 1.06 bits per heavy atom. The average molecular weight is 226 g/mol. The minimum Gasteiger partial charge on any atom is -0.317 e. The number of benzene rings is 1. The van der Waals surface area contributed by atoms with Crippen LogP contribution < -0.4 is 5.32 Å². The molecule has 1 aromatic heterocycles. The standard InChI is InChI=1S/C15H18N2/c1-2-5-14-11-17-15(10-13(14)4-1)12-6-3-8-16-9-7-12/h1-2,4-5,10-12,16H,3,6-9H2. The molecule has 2 aromatic rings. The Hall–Kier alpha value is -1.41. The molecule has 2 heteroatoms. The topological polar surface area (TPSA) is 24.9 Å². The molecule has 0 aliphatic carbocycles. The van der Waals surface area contributed by atoms with Crippen molar-refractivity contribution in [2.24, 2.45) is 0 Å². The lowest BCUT2D eigenvalue weighted by Crippen LogP contribution is -2.13. The van der Waals surface area contributed by atoms with Gasteiger partial charge in [0.05, 0.1) is 0 Å². The summed E-state index contributed by atoms with van der Waals surface area (Å²) in [6.45, 7) is 2.28. The first-order valence-electron chi connectivity index (χ1n) is 6.49. The van der Waals surface area contributed by atoms with Crippen LogP contribution in [0.1, 0.15) is 30.9 Å². The van der Waals surface area contributed by atoms with E-state index in [2.05, 4.69) is 40.6 Å². The molecule has 2 nitrogen and oxygen atoms in total. The van der Waals surface area contributed by atoms with Gasteiger partial charge < -0.3 is 5.32 Å². The van der Waals surface area contributed by atoms with Gasteiger partial charge >= 0.3 is 0 Å². The fraction of sp³-hybridized carbons (Fsp3) is 0.400. The van der Waals surface area contributed by atoms with Crippen LogP contribution in [0.5, 0.6) is 0 Å². The maximum atomic E-state index is 4.64. The van der Waals surface area contributed by atoms with Crippen molar-refractivity contribution in [3.05, 3.63) is 42.2 Å². The molecule has 88 valence electrons. The lowest BCUT2D eigenvalue weighted by atomic mass is 9.95. The molecule has 0 bridgehead atoms. The van der Waals surface area contributed by atoms with Gasteiger partial charge in [0.25, 0.3) is 0 Å². The van der Waals surface area contributed by atoms with Crippen LogP contribution in [0.15, 0.2) is 36.5 Å². The van der Waals surface area contributed by atoms with Crippen molar-refractivity contribution < 1.29 is 0 Å². The number of nitrogens with zero attached hydrogens (tertiary/aromatic N) is 1. The highest BCUT2D eigenvalue weighted by atomic mass is 14.9. The highest BCUT2D eigenvalue weighted by Crippen LogP contribution is 2.26. The van der Waals surface area contributed by atoms with Crippen molar-refractivity contribution in [1.82, 2.24) is 10.3 Å². The van der Waals surface area contributed by atoms with E-state index in [-0.39, 0.29) is 0 Å². The summed E-state index contributed by atoms with van der Waals surface area (Å²) in [4.78, 5) is 4.64. The molecule has 1 atom stereocenters. The molecular formula is C15H18N2. The summed E-state index contributed by atoms with van der Waals surface area (Å²) in [5, 5.41) is 6.01. The minimum atomic E-state index is 0.634. The molecular weight excluding hydrogens is 208 g/mol. The van der Waals surface area contributed by atoms with Gasteiger partial charge in [-0.15, -0.1) is 0 Å². The quantitative estimate of drug-likeness (QED) is 0.808. The summed E-state index contributed by atoms with van der Waals surface area (Å²) >= 11 is 0. The largest absolute Gasteiger partial charge is 0.317 e. The molecule has 0 amide bonds. The third-order valence-corrected chi connectivity index (χ3v) is 3.65. The maximum absolute atomic E-state index is 4.64. The highest BCUT2D eigenvalue weighted by Gasteiger charge is 2.15. The number of fused-ring (bicyclic) bond motifs is 1. The number of hydrogen-bond donors (Lipinski definition) is 1. The van der Waals surface area contributed by atoms with Gasteiger partial charge in [-0.25, -0.2) is 0 Å². The van der Waals surface area contributed by atoms with Crippen LogP contribution in [0, 0.1) is 0 Å². The van der Waals surface area contributed by atoms with E-state index in [1.54, 1.807) is 0 Å². The van der Waals surface area contributed by atoms with Crippen LogP contribution in [0.2, 0.25) is 0 Å². The minimum absolute atomic E-state index is 0.634. The first kappa shape index (κ1) is 10.7. The molecule has 1 aromatic carbocycles. The molecule has 1 N–H and O–H groups in total. The summed E-state index contributed by atoms with van der Waals surface area (Å²) in [6.07, 6.45) is 5.76. The van der Waals surface area contributed by atoms with Crippen LogP contribution in [0.4, 0.5) is 0 Å². The normalized spacial score (nSPS) is 21.3. The van der Waals surface area contributed by atoms with Crippen LogP contribution in [-0.4, -0.2) is 18.1 Å². The predicted molar refractivity (Wildman–Crippen MR) is 71.2 cm³/mol. The SMILES string of the molecule is c1ccc2cc(C3CCCNCC3)ncc2c1. The van der Waals surface area contributed by atoms with Crippen molar-refractivity contribution >= 4 is 10.8 Å². The van der Waals surface area contributed by atoms with Crippen LogP contribution >= 0.6 is 0 Å². The summed E-state index contributed by atoms with van der Waals surface area (Å²) in [5.74, 6) is 0.634. The lowest BCUT2D eigenvalue weighted by Gasteiger charge is -2.13. The van der Waals surface area contributed by atoms with E-state index in [0.29, 0.717) is 5.92 Å². The molecule has 0 radical (unpaired) electrons. The Morgan fingerprint density at radius 2 is 1.94 bits per heavy atom.